The predicted octanol–water partition coefficient (Wildman–Crippen LogP) is 5.34. The van der Waals surface area contributed by atoms with Crippen molar-refractivity contribution in [2.24, 2.45) is 0 Å². The molecule has 6 heteroatoms. The van der Waals surface area contributed by atoms with Crippen molar-refractivity contribution in [2.75, 3.05) is 0 Å². The number of hydrogen-bond donors (Lipinski definition) is 1. The Bertz CT molecular complexity index is 1460. The van der Waals surface area contributed by atoms with Crippen LogP contribution in [0, 0.1) is 5.82 Å². The van der Waals surface area contributed by atoms with Gasteiger partial charge in [-0.05, 0) is 23.3 Å². The van der Waals surface area contributed by atoms with Gasteiger partial charge in [0.1, 0.15) is 5.82 Å². The standard InChI is InChI=1S/C28H22FN3O2/c29-22-13-7-10-20(14-22)16-23-26(17-27(33)34)32-18-25(21-11-5-2-6-12-21)30-24(28(32)31-23)15-19-8-3-1-4-9-19/h1-14,18H,15-17H2,(H,33,34). The van der Waals surface area contributed by atoms with Crippen LogP contribution in [0.3, 0.4) is 0 Å². The number of imidazole rings is 1. The molecule has 34 heavy (non-hydrogen) atoms. The van der Waals surface area contributed by atoms with Crippen molar-refractivity contribution >= 4 is 11.6 Å². The number of fused-ring (bicyclic) bond motifs is 1. The Morgan fingerprint density at radius 1 is 0.824 bits per heavy atom. The van der Waals surface area contributed by atoms with E-state index in [2.05, 4.69) is 0 Å². The highest BCUT2D eigenvalue weighted by atomic mass is 19.1. The van der Waals surface area contributed by atoms with E-state index in [1.807, 2.05) is 77.3 Å². The van der Waals surface area contributed by atoms with Gasteiger partial charge in [0, 0.05) is 24.6 Å². The first kappa shape index (κ1) is 21.5. The lowest BCUT2D eigenvalue weighted by atomic mass is 10.1. The summed E-state index contributed by atoms with van der Waals surface area (Å²) in [4.78, 5) is 21.5. The van der Waals surface area contributed by atoms with Gasteiger partial charge in [-0.1, -0.05) is 72.8 Å². The molecule has 0 atom stereocenters. The molecule has 5 aromatic rings. The molecule has 0 saturated heterocycles. The lowest BCUT2D eigenvalue weighted by molar-refractivity contribution is -0.136. The molecule has 0 aliphatic heterocycles. The van der Waals surface area contributed by atoms with Gasteiger partial charge in [-0.15, -0.1) is 0 Å². The molecule has 0 aliphatic carbocycles. The molecule has 2 heterocycles. The number of carbonyl (C=O) groups is 1. The largest absolute Gasteiger partial charge is 0.481 e. The number of aliphatic carboxylic acids is 1. The summed E-state index contributed by atoms with van der Waals surface area (Å²) in [5, 5.41) is 9.65. The highest BCUT2D eigenvalue weighted by molar-refractivity contribution is 5.71. The van der Waals surface area contributed by atoms with Gasteiger partial charge < -0.3 is 5.11 Å². The molecule has 0 bridgehead atoms. The first-order valence-corrected chi connectivity index (χ1v) is 11.0. The van der Waals surface area contributed by atoms with Crippen LogP contribution in [0.4, 0.5) is 4.39 Å². The van der Waals surface area contributed by atoms with Gasteiger partial charge in [0.05, 0.1) is 29.2 Å². The third-order valence-electron chi connectivity index (χ3n) is 5.72. The Balaban J connectivity index is 1.71. The smallest absolute Gasteiger partial charge is 0.309 e. The van der Waals surface area contributed by atoms with E-state index < -0.39 is 5.97 Å². The van der Waals surface area contributed by atoms with Crippen molar-refractivity contribution in [2.45, 2.75) is 19.3 Å². The maximum Gasteiger partial charge on any atom is 0.309 e. The van der Waals surface area contributed by atoms with Gasteiger partial charge >= 0.3 is 5.97 Å². The zero-order chi connectivity index (χ0) is 23.5. The summed E-state index contributed by atoms with van der Waals surface area (Å²) in [6.07, 6.45) is 2.52. The second-order valence-electron chi connectivity index (χ2n) is 8.18. The number of hydrogen-bond acceptors (Lipinski definition) is 3. The molecule has 3 aromatic carbocycles. The van der Waals surface area contributed by atoms with Crippen LogP contribution in [-0.2, 0) is 24.1 Å². The van der Waals surface area contributed by atoms with Crippen molar-refractivity contribution in [1.29, 1.82) is 0 Å². The number of benzene rings is 3. The second-order valence-corrected chi connectivity index (χ2v) is 8.18. The average molecular weight is 452 g/mol. The number of carboxylic acid groups (broad SMARTS) is 1. The fraction of sp³-hybridized carbons (Fsp3) is 0.107. The number of carboxylic acids is 1. The van der Waals surface area contributed by atoms with E-state index in [1.54, 1.807) is 6.07 Å². The molecule has 0 radical (unpaired) electrons. The Morgan fingerprint density at radius 3 is 2.21 bits per heavy atom. The highest BCUT2D eigenvalue weighted by Crippen LogP contribution is 2.25. The maximum absolute atomic E-state index is 13.8. The first-order valence-electron chi connectivity index (χ1n) is 11.0. The minimum Gasteiger partial charge on any atom is -0.481 e. The van der Waals surface area contributed by atoms with Gasteiger partial charge in [0.2, 0.25) is 0 Å². The van der Waals surface area contributed by atoms with E-state index in [9.17, 15) is 14.3 Å². The van der Waals surface area contributed by atoms with Crippen LogP contribution in [0.1, 0.15) is 28.2 Å². The second kappa shape index (κ2) is 9.27. The molecule has 0 amide bonds. The zero-order valence-electron chi connectivity index (χ0n) is 18.4. The van der Waals surface area contributed by atoms with E-state index in [-0.39, 0.29) is 12.2 Å². The Kier molecular flexibility index (Phi) is 5.87. The molecule has 0 aliphatic rings. The molecule has 0 saturated carbocycles. The van der Waals surface area contributed by atoms with Crippen molar-refractivity contribution in [3.63, 3.8) is 0 Å². The summed E-state index contributed by atoms with van der Waals surface area (Å²) in [5.74, 6) is -1.29. The predicted molar refractivity (Wildman–Crippen MR) is 128 cm³/mol. The summed E-state index contributed by atoms with van der Waals surface area (Å²) in [6.45, 7) is 0. The van der Waals surface area contributed by atoms with Crippen LogP contribution in [0.5, 0.6) is 0 Å². The molecular weight excluding hydrogens is 429 g/mol. The molecule has 2 aromatic heterocycles. The fourth-order valence-corrected chi connectivity index (χ4v) is 4.17. The lowest BCUT2D eigenvalue weighted by Gasteiger charge is -2.10. The lowest BCUT2D eigenvalue weighted by Crippen LogP contribution is -2.08. The first-order chi connectivity index (χ1) is 16.6. The molecule has 1 N–H and O–H groups in total. The summed E-state index contributed by atoms with van der Waals surface area (Å²) in [5.41, 5.74) is 6.03. The van der Waals surface area contributed by atoms with Crippen molar-refractivity contribution in [1.82, 2.24) is 14.4 Å². The van der Waals surface area contributed by atoms with Gasteiger partial charge in [0.25, 0.3) is 0 Å². The van der Waals surface area contributed by atoms with E-state index in [4.69, 9.17) is 9.97 Å². The molecule has 0 spiro atoms. The summed E-state index contributed by atoms with van der Waals surface area (Å²) in [6, 6.07) is 26.1. The number of halogens is 1. The van der Waals surface area contributed by atoms with E-state index in [0.29, 0.717) is 29.9 Å². The van der Waals surface area contributed by atoms with Crippen LogP contribution >= 0.6 is 0 Å². The topological polar surface area (TPSA) is 67.5 Å². The SMILES string of the molecule is O=C(O)Cc1c(Cc2cccc(F)c2)nc2c(Cc3ccccc3)nc(-c3ccccc3)cn12. The number of aromatic nitrogens is 3. The zero-order valence-corrected chi connectivity index (χ0v) is 18.4. The average Bonchev–Trinajstić information content (AvgIpc) is 3.17. The van der Waals surface area contributed by atoms with Crippen LogP contribution in [0.25, 0.3) is 16.9 Å². The number of nitrogens with zero attached hydrogens (tertiary/aromatic N) is 3. The van der Waals surface area contributed by atoms with Crippen molar-refractivity contribution < 1.29 is 14.3 Å². The Labute approximate surface area is 196 Å². The molecule has 168 valence electrons. The monoisotopic (exact) mass is 451 g/mol. The number of rotatable bonds is 7. The van der Waals surface area contributed by atoms with Crippen molar-refractivity contribution in [3.8, 4) is 11.3 Å². The summed E-state index contributed by atoms with van der Waals surface area (Å²) in [7, 11) is 0. The Morgan fingerprint density at radius 2 is 1.50 bits per heavy atom. The van der Waals surface area contributed by atoms with E-state index in [0.717, 1.165) is 28.1 Å². The van der Waals surface area contributed by atoms with Gasteiger partial charge in [0.15, 0.2) is 5.65 Å². The van der Waals surface area contributed by atoms with Gasteiger partial charge in [-0.2, -0.15) is 0 Å². The molecule has 0 unspecified atom stereocenters. The maximum atomic E-state index is 13.8. The molecule has 5 rings (SSSR count). The van der Waals surface area contributed by atoms with Crippen LogP contribution < -0.4 is 0 Å². The van der Waals surface area contributed by atoms with Crippen LogP contribution in [0.2, 0.25) is 0 Å². The van der Waals surface area contributed by atoms with Crippen LogP contribution in [-0.4, -0.2) is 25.4 Å². The summed E-state index contributed by atoms with van der Waals surface area (Å²) >= 11 is 0. The minimum atomic E-state index is -0.954. The Hall–Kier alpha value is -4.32. The molecule has 5 nitrogen and oxygen atoms in total. The van der Waals surface area contributed by atoms with Crippen LogP contribution in [0.15, 0.2) is 91.1 Å². The third-order valence-corrected chi connectivity index (χ3v) is 5.72. The van der Waals surface area contributed by atoms with E-state index in [1.165, 1.54) is 12.1 Å². The molecule has 0 fully saturated rings. The minimum absolute atomic E-state index is 0.200. The normalized spacial score (nSPS) is 11.1. The fourth-order valence-electron chi connectivity index (χ4n) is 4.17. The highest BCUT2D eigenvalue weighted by Gasteiger charge is 2.20. The third kappa shape index (κ3) is 4.57. The molecular formula is C28H22FN3O2. The van der Waals surface area contributed by atoms with E-state index >= 15 is 0 Å². The quantitative estimate of drug-likeness (QED) is 0.363. The van der Waals surface area contributed by atoms with Crippen molar-refractivity contribution in [3.05, 3.63) is 125 Å². The summed E-state index contributed by atoms with van der Waals surface area (Å²) < 4.78 is 15.6. The van der Waals surface area contributed by atoms with Gasteiger partial charge in [-0.25, -0.2) is 14.4 Å². The van der Waals surface area contributed by atoms with Gasteiger partial charge in [-0.3, -0.25) is 9.20 Å².